The molecule has 7 heteroatoms. The summed E-state index contributed by atoms with van der Waals surface area (Å²) in [6.45, 7) is 3.94. The lowest BCUT2D eigenvalue weighted by Crippen LogP contribution is -1.88. The summed E-state index contributed by atoms with van der Waals surface area (Å²) in [6.07, 6.45) is 0. The minimum atomic E-state index is -0.360. The van der Waals surface area contributed by atoms with E-state index in [4.69, 9.17) is 10.3 Å². The van der Waals surface area contributed by atoms with E-state index in [0.717, 1.165) is 16.0 Å². The van der Waals surface area contributed by atoms with Gasteiger partial charge in [-0.2, -0.15) is 4.98 Å². The quantitative estimate of drug-likeness (QED) is 0.720. The number of rotatable bonds is 2. The van der Waals surface area contributed by atoms with Gasteiger partial charge in [-0.15, -0.1) is 11.3 Å². The summed E-state index contributed by atoms with van der Waals surface area (Å²) < 4.78 is 19.4. The van der Waals surface area contributed by atoms with E-state index in [1.54, 1.807) is 6.07 Å². The van der Waals surface area contributed by atoms with Gasteiger partial charge in [-0.1, -0.05) is 21.1 Å². The smallest absolute Gasteiger partial charge is 0.261 e. The summed E-state index contributed by atoms with van der Waals surface area (Å²) in [5.41, 5.74) is 8.31. The van der Waals surface area contributed by atoms with Crippen LogP contribution >= 0.6 is 27.3 Å². The molecule has 0 bridgehead atoms. The average Bonchev–Trinajstić information content (AvgIpc) is 2.99. The molecule has 0 radical (unpaired) electrons. The SMILES string of the molecule is Cc1sc(N)c(-c2nc(-c3cc(F)ccc3Br)no2)c1C. The van der Waals surface area contributed by atoms with Gasteiger partial charge in [0, 0.05) is 14.9 Å². The topological polar surface area (TPSA) is 64.9 Å². The first-order valence-electron chi connectivity index (χ1n) is 6.12. The Balaban J connectivity index is 2.10. The number of halogens is 2. The second-order valence-electron chi connectivity index (χ2n) is 4.57. The monoisotopic (exact) mass is 367 g/mol. The Morgan fingerprint density at radius 3 is 2.76 bits per heavy atom. The van der Waals surface area contributed by atoms with Gasteiger partial charge in [0.2, 0.25) is 5.82 Å². The van der Waals surface area contributed by atoms with Crippen molar-refractivity contribution in [3.8, 4) is 22.8 Å². The maximum absolute atomic E-state index is 13.4. The second-order valence-corrected chi connectivity index (χ2v) is 6.68. The zero-order chi connectivity index (χ0) is 15.1. The van der Waals surface area contributed by atoms with Crippen LogP contribution in [0.2, 0.25) is 0 Å². The van der Waals surface area contributed by atoms with Gasteiger partial charge < -0.3 is 10.3 Å². The molecule has 0 fully saturated rings. The third-order valence-corrected chi connectivity index (χ3v) is 4.95. The highest BCUT2D eigenvalue weighted by Gasteiger charge is 2.20. The normalized spacial score (nSPS) is 11.0. The first-order chi connectivity index (χ1) is 9.97. The van der Waals surface area contributed by atoms with Crippen molar-refractivity contribution in [2.24, 2.45) is 0 Å². The summed E-state index contributed by atoms with van der Waals surface area (Å²) in [7, 11) is 0. The van der Waals surface area contributed by atoms with Crippen LogP contribution in [0.5, 0.6) is 0 Å². The number of aromatic nitrogens is 2. The summed E-state index contributed by atoms with van der Waals surface area (Å²) in [5, 5.41) is 4.56. The molecule has 0 amide bonds. The van der Waals surface area contributed by atoms with Crippen LogP contribution in [0.4, 0.5) is 9.39 Å². The van der Waals surface area contributed by atoms with E-state index in [9.17, 15) is 4.39 Å². The van der Waals surface area contributed by atoms with Gasteiger partial charge in [0.15, 0.2) is 0 Å². The molecule has 0 atom stereocenters. The molecule has 0 aliphatic rings. The number of nitrogen functional groups attached to an aromatic ring is 1. The van der Waals surface area contributed by atoms with Crippen molar-refractivity contribution >= 4 is 32.3 Å². The van der Waals surface area contributed by atoms with Crippen molar-refractivity contribution in [2.75, 3.05) is 5.73 Å². The van der Waals surface area contributed by atoms with Gasteiger partial charge in [0.25, 0.3) is 5.89 Å². The van der Waals surface area contributed by atoms with Crippen LogP contribution in [-0.4, -0.2) is 10.1 Å². The zero-order valence-electron chi connectivity index (χ0n) is 11.3. The molecule has 108 valence electrons. The van der Waals surface area contributed by atoms with Crippen LogP contribution in [0.3, 0.4) is 0 Å². The molecule has 2 heterocycles. The first-order valence-corrected chi connectivity index (χ1v) is 7.73. The summed E-state index contributed by atoms with van der Waals surface area (Å²) in [6, 6.07) is 4.32. The number of aryl methyl sites for hydroxylation is 1. The number of hydrogen-bond acceptors (Lipinski definition) is 5. The second kappa shape index (κ2) is 5.23. The van der Waals surface area contributed by atoms with Crippen molar-refractivity contribution in [2.45, 2.75) is 13.8 Å². The lowest BCUT2D eigenvalue weighted by Gasteiger charge is -1.98. The maximum atomic E-state index is 13.4. The Labute approximate surface area is 132 Å². The van der Waals surface area contributed by atoms with E-state index in [-0.39, 0.29) is 5.82 Å². The Kier molecular flexibility index (Phi) is 3.54. The van der Waals surface area contributed by atoms with E-state index >= 15 is 0 Å². The maximum Gasteiger partial charge on any atom is 0.261 e. The van der Waals surface area contributed by atoms with Crippen LogP contribution < -0.4 is 5.73 Å². The number of nitrogens with two attached hydrogens (primary N) is 1. The molecule has 0 aliphatic carbocycles. The summed E-state index contributed by atoms with van der Waals surface area (Å²) >= 11 is 4.84. The van der Waals surface area contributed by atoms with Crippen LogP contribution in [0.1, 0.15) is 10.4 Å². The minimum absolute atomic E-state index is 0.319. The van der Waals surface area contributed by atoms with Gasteiger partial charge in [0.05, 0.1) is 10.6 Å². The number of anilines is 1. The molecule has 3 rings (SSSR count). The van der Waals surface area contributed by atoms with Crippen molar-refractivity contribution in [1.29, 1.82) is 0 Å². The van der Waals surface area contributed by atoms with E-state index < -0.39 is 0 Å². The predicted octanol–water partition coefficient (Wildman–Crippen LogP) is 4.57. The fraction of sp³-hybridized carbons (Fsp3) is 0.143. The van der Waals surface area contributed by atoms with Gasteiger partial charge in [-0.25, -0.2) is 4.39 Å². The van der Waals surface area contributed by atoms with Crippen LogP contribution in [0.25, 0.3) is 22.8 Å². The number of benzene rings is 1. The van der Waals surface area contributed by atoms with Crippen LogP contribution in [-0.2, 0) is 0 Å². The summed E-state index contributed by atoms with van der Waals surface area (Å²) in [5.74, 6) is 0.307. The van der Waals surface area contributed by atoms with E-state index in [1.165, 1.54) is 23.5 Å². The molecule has 3 aromatic rings. The molecular formula is C14H11BrFN3OS. The lowest BCUT2D eigenvalue weighted by atomic mass is 10.1. The third kappa shape index (κ3) is 2.47. The Morgan fingerprint density at radius 2 is 2.10 bits per heavy atom. The molecule has 2 aromatic heterocycles. The minimum Gasteiger partial charge on any atom is -0.390 e. The predicted molar refractivity (Wildman–Crippen MR) is 84.6 cm³/mol. The molecular weight excluding hydrogens is 357 g/mol. The fourth-order valence-electron chi connectivity index (χ4n) is 2.02. The van der Waals surface area contributed by atoms with Crippen molar-refractivity contribution in [3.05, 3.63) is 38.9 Å². The van der Waals surface area contributed by atoms with Gasteiger partial charge >= 0.3 is 0 Å². The van der Waals surface area contributed by atoms with E-state index in [0.29, 0.717) is 26.8 Å². The van der Waals surface area contributed by atoms with E-state index in [2.05, 4.69) is 26.1 Å². The number of nitrogens with zero attached hydrogens (tertiary/aromatic N) is 2. The molecule has 0 unspecified atom stereocenters. The van der Waals surface area contributed by atoms with Gasteiger partial charge in [0.1, 0.15) is 5.82 Å². The molecule has 0 spiro atoms. The highest BCUT2D eigenvalue weighted by Crippen LogP contribution is 2.38. The fourth-order valence-corrected chi connectivity index (χ4v) is 3.37. The highest BCUT2D eigenvalue weighted by atomic mass is 79.9. The van der Waals surface area contributed by atoms with Gasteiger partial charge in [-0.3, -0.25) is 0 Å². The van der Waals surface area contributed by atoms with Crippen molar-refractivity contribution in [3.63, 3.8) is 0 Å². The van der Waals surface area contributed by atoms with Crippen LogP contribution in [0.15, 0.2) is 27.2 Å². The summed E-state index contributed by atoms with van der Waals surface area (Å²) in [4.78, 5) is 5.45. The highest BCUT2D eigenvalue weighted by molar-refractivity contribution is 9.10. The molecule has 4 nitrogen and oxygen atoms in total. The molecule has 0 saturated carbocycles. The standard InChI is InChI=1S/C14H11BrFN3OS/c1-6-7(2)21-12(17)11(6)14-18-13(19-20-14)9-5-8(16)3-4-10(9)15/h3-5H,17H2,1-2H3. The molecule has 1 aromatic carbocycles. The number of hydrogen-bond donors (Lipinski definition) is 1. The molecule has 21 heavy (non-hydrogen) atoms. The Morgan fingerprint density at radius 1 is 1.33 bits per heavy atom. The number of thiophene rings is 1. The average molecular weight is 368 g/mol. The zero-order valence-corrected chi connectivity index (χ0v) is 13.7. The molecule has 2 N–H and O–H groups in total. The third-order valence-electron chi connectivity index (χ3n) is 3.22. The largest absolute Gasteiger partial charge is 0.390 e. The molecule has 0 aliphatic heterocycles. The Hall–Kier alpha value is -1.73. The first kappa shape index (κ1) is 14.2. The van der Waals surface area contributed by atoms with E-state index in [1.807, 2.05) is 13.8 Å². The van der Waals surface area contributed by atoms with Crippen LogP contribution in [0, 0.1) is 19.7 Å². The van der Waals surface area contributed by atoms with Crippen molar-refractivity contribution in [1.82, 2.24) is 10.1 Å². The van der Waals surface area contributed by atoms with Crippen molar-refractivity contribution < 1.29 is 8.91 Å². The Bertz CT molecular complexity index is 828. The molecule has 0 saturated heterocycles. The van der Waals surface area contributed by atoms with Gasteiger partial charge in [-0.05, 0) is 37.6 Å². The lowest BCUT2D eigenvalue weighted by molar-refractivity contribution is 0.432.